The zero-order valence-corrected chi connectivity index (χ0v) is 6.95. The highest BCUT2D eigenvalue weighted by Crippen LogP contribution is 2.10. The second-order valence-electron chi connectivity index (χ2n) is 2.82. The van der Waals surface area contributed by atoms with Crippen LogP contribution < -0.4 is 0 Å². The maximum absolute atomic E-state index is 10.4. The van der Waals surface area contributed by atoms with Crippen LogP contribution in [0.1, 0.15) is 19.8 Å². The van der Waals surface area contributed by atoms with E-state index in [9.17, 15) is 4.79 Å². The Balaban J connectivity index is 2.27. The molecule has 1 saturated heterocycles. The molecule has 1 fully saturated rings. The van der Waals surface area contributed by atoms with E-state index in [0.717, 1.165) is 38.9 Å². The third-order valence-corrected chi connectivity index (χ3v) is 1.96. The summed E-state index contributed by atoms with van der Waals surface area (Å²) in [5.74, 6) is 0. The van der Waals surface area contributed by atoms with Crippen molar-refractivity contribution >= 4 is 6.41 Å². The summed E-state index contributed by atoms with van der Waals surface area (Å²) >= 11 is 0. The quantitative estimate of drug-likeness (QED) is 0.563. The summed E-state index contributed by atoms with van der Waals surface area (Å²) in [7, 11) is 0. The number of piperidine rings is 1. The molecule has 0 spiro atoms. The summed E-state index contributed by atoms with van der Waals surface area (Å²) in [4.78, 5) is 12.2. The lowest BCUT2D eigenvalue weighted by Crippen LogP contribution is -2.38. The van der Waals surface area contributed by atoms with E-state index in [-0.39, 0.29) is 6.10 Å². The van der Waals surface area contributed by atoms with Gasteiger partial charge in [-0.15, -0.1) is 0 Å². The van der Waals surface area contributed by atoms with Gasteiger partial charge in [0.25, 0.3) is 0 Å². The molecule has 0 N–H and O–H groups in total. The molecule has 11 heavy (non-hydrogen) atoms. The molecule has 0 aromatic heterocycles. The standard InChI is InChI=1S/C8H15NO2/c1-2-11-8-4-3-5-9(6-8)7-10/h7-8H,2-6H2,1H3. The summed E-state index contributed by atoms with van der Waals surface area (Å²) < 4.78 is 5.41. The molecule has 64 valence electrons. The van der Waals surface area contributed by atoms with E-state index in [2.05, 4.69) is 0 Å². The lowest BCUT2D eigenvalue weighted by Gasteiger charge is -2.29. The topological polar surface area (TPSA) is 29.5 Å². The normalized spacial score (nSPS) is 25.2. The number of rotatable bonds is 3. The predicted octanol–water partition coefficient (Wildman–Crippen LogP) is 0.644. The molecule has 0 aromatic carbocycles. The number of ether oxygens (including phenoxy) is 1. The van der Waals surface area contributed by atoms with Crippen molar-refractivity contribution < 1.29 is 9.53 Å². The van der Waals surface area contributed by atoms with Gasteiger partial charge in [-0.2, -0.15) is 0 Å². The molecule has 0 bridgehead atoms. The van der Waals surface area contributed by atoms with Crippen molar-refractivity contribution in [2.45, 2.75) is 25.9 Å². The number of carbonyl (C=O) groups excluding carboxylic acids is 1. The molecule has 1 unspecified atom stereocenters. The second kappa shape index (κ2) is 4.34. The maximum atomic E-state index is 10.4. The lowest BCUT2D eigenvalue weighted by atomic mass is 10.1. The van der Waals surface area contributed by atoms with Crippen LogP contribution in [0.5, 0.6) is 0 Å². The van der Waals surface area contributed by atoms with E-state index in [0.29, 0.717) is 0 Å². The van der Waals surface area contributed by atoms with E-state index < -0.39 is 0 Å². The average molecular weight is 157 g/mol. The minimum absolute atomic E-state index is 0.277. The highest BCUT2D eigenvalue weighted by Gasteiger charge is 2.17. The molecule has 0 saturated carbocycles. The van der Waals surface area contributed by atoms with Gasteiger partial charge < -0.3 is 9.64 Å². The number of nitrogens with zero attached hydrogens (tertiary/aromatic N) is 1. The fourth-order valence-electron chi connectivity index (χ4n) is 1.43. The Hall–Kier alpha value is -0.570. The average Bonchev–Trinajstić information content (AvgIpc) is 2.06. The van der Waals surface area contributed by atoms with Crippen LogP contribution in [0.3, 0.4) is 0 Å². The number of hydrogen-bond donors (Lipinski definition) is 0. The van der Waals surface area contributed by atoms with Gasteiger partial charge in [-0.25, -0.2) is 0 Å². The Bertz CT molecular complexity index is 125. The third kappa shape index (κ3) is 2.50. The van der Waals surface area contributed by atoms with Crippen molar-refractivity contribution in [2.24, 2.45) is 0 Å². The molecular formula is C8H15NO2. The van der Waals surface area contributed by atoms with E-state index in [1.165, 1.54) is 0 Å². The molecule has 1 atom stereocenters. The molecule has 1 aliphatic rings. The Kier molecular flexibility index (Phi) is 3.36. The first-order valence-corrected chi connectivity index (χ1v) is 4.17. The number of amides is 1. The summed E-state index contributed by atoms with van der Waals surface area (Å²) in [6.45, 7) is 4.40. The van der Waals surface area contributed by atoms with Crippen LogP contribution in [-0.4, -0.2) is 37.1 Å². The predicted molar refractivity (Wildman–Crippen MR) is 42.3 cm³/mol. The van der Waals surface area contributed by atoms with Crippen LogP contribution in [0.15, 0.2) is 0 Å². The van der Waals surface area contributed by atoms with Gasteiger partial charge in [0.15, 0.2) is 0 Å². The van der Waals surface area contributed by atoms with E-state index in [1.807, 2.05) is 6.92 Å². The fourth-order valence-corrected chi connectivity index (χ4v) is 1.43. The molecule has 1 amide bonds. The molecular weight excluding hydrogens is 142 g/mol. The van der Waals surface area contributed by atoms with Gasteiger partial charge in [-0.3, -0.25) is 4.79 Å². The summed E-state index contributed by atoms with van der Waals surface area (Å²) in [5, 5.41) is 0. The van der Waals surface area contributed by atoms with Gasteiger partial charge in [0.05, 0.1) is 6.10 Å². The Morgan fingerprint density at radius 3 is 3.18 bits per heavy atom. The second-order valence-corrected chi connectivity index (χ2v) is 2.82. The summed E-state index contributed by atoms with van der Waals surface area (Å²) in [6.07, 6.45) is 3.35. The highest BCUT2D eigenvalue weighted by molar-refractivity contribution is 5.47. The zero-order chi connectivity index (χ0) is 8.10. The van der Waals surface area contributed by atoms with E-state index >= 15 is 0 Å². The maximum Gasteiger partial charge on any atom is 0.209 e. The van der Waals surface area contributed by atoms with Gasteiger partial charge in [0.1, 0.15) is 0 Å². The molecule has 1 rings (SSSR count). The van der Waals surface area contributed by atoms with E-state index in [1.54, 1.807) is 4.90 Å². The minimum atomic E-state index is 0.277. The van der Waals surface area contributed by atoms with Crippen LogP contribution in [-0.2, 0) is 9.53 Å². The number of likely N-dealkylation sites (tertiary alicyclic amines) is 1. The van der Waals surface area contributed by atoms with Crippen LogP contribution in [0, 0.1) is 0 Å². The van der Waals surface area contributed by atoms with Crippen LogP contribution in [0.25, 0.3) is 0 Å². The zero-order valence-electron chi connectivity index (χ0n) is 6.95. The van der Waals surface area contributed by atoms with Crippen LogP contribution in [0.4, 0.5) is 0 Å². The largest absolute Gasteiger partial charge is 0.377 e. The summed E-state index contributed by atoms with van der Waals surface area (Å²) in [6, 6.07) is 0. The van der Waals surface area contributed by atoms with Crippen molar-refractivity contribution in [3.63, 3.8) is 0 Å². The Labute approximate surface area is 67.3 Å². The van der Waals surface area contributed by atoms with E-state index in [4.69, 9.17) is 4.74 Å². The van der Waals surface area contributed by atoms with Gasteiger partial charge in [0.2, 0.25) is 6.41 Å². The third-order valence-electron chi connectivity index (χ3n) is 1.96. The molecule has 1 aliphatic heterocycles. The molecule has 1 heterocycles. The first kappa shape index (κ1) is 8.53. The van der Waals surface area contributed by atoms with Crippen LogP contribution in [0.2, 0.25) is 0 Å². The van der Waals surface area contributed by atoms with Gasteiger partial charge in [-0.1, -0.05) is 0 Å². The lowest BCUT2D eigenvalue weighted by molar-refractivity contribution is -0.121. The Morgan fingerprint density at radius 2 is 2.55 bits per heavy atom. The number of hydrogen-bond acceptors (Lipinski definition) is 2. The SMILES string of the molecule is CCOC1CCCN(C=O)C1. The molecule has 0 aromatic rings. The fraction of sp³-hybridized carbons (Fsp3) is 0.875. The molecule has 0 radical (unpaired) electrons. The van der Waals surface area contributed by atoms with Gasteiger partial charge in [-0.05, 0) is 19.8 Å². The minimum Gasteiger partial charge on any atom is -0.377 e. The van der Waals surface area contributed by atoms with Crippen molar-refractivity contribution in [3.8, 4) is 0 Å². The van der Waals surface area contributed by atoms with Crippen LogP contribution >= 0.6 is 0 Å². The monoisotopic (exact) mass is 157 g/mol. The number of carbonyl (C=O) groups is 1. The Morgan fingerprint density at radius 1 is 1.73 bits per heavy atom. The summed E-state index contributed by atoms with van der Waals surface area (Å²) in [5.41, 5.74) is 0. The molecule has 3 heteroatoms. The highest BCUT2D eigenvalue weighted by atomic mass is 16.5. The first-order valence-electron chi connectivity index (χ1n) is 4.17. The molecule has 0 aliphatic carbocycles. The van der Waals surface area contributed by atoms with Crippen molar-refractivity contribution in [1.29, 1.82) is 0 Å². The van der Waals surface area contributed by atoms with Gasteiger partial charge in [0, 0.05) is 19.7 Å². The van der Waals surface area contributed by atoms with Crippen molar-refractivity contribution in [1.82, 2.24) is 4.90 Å². The van der Waals surface area contributed by atoms with Crippen molar-refractivity contribution in [3.05, 3.63) is 0 Å². The smallest absolute Gasteiger partial charge is 0.209 e. The molecule has 3 nitrogen and oxygen atoms in total. The van der Waals surface area contributed by atoms with Gasteiger partial charge >= 0.3 is 0 Å². The first-order chi connectivity index (χ1) is 5.36. The van der Waals surface area contributed by atoms with Crippen molar-refractivity contribution in [2.75, 3.05) is 19.7 Å².